The van der Waals surface area contributed by atoms with E-state index in [4.69, 9.17) is 45.2 Å². The van der Waals surface area contributed by atoms with E-state index in [0.29, 0.717) is 38.6 Å². The monoisotopic (exact) mass is 2130 g/mol. The molecule has 2 aromatic rings. The van der Waals surface area contributed by atoms with Gasteiger partial charge in [0.1, 0.15) is 108 Å². The Kier molecular flexibility index (Phi) is 62.5. The first-order chi connectivity index (χ1) is 69.9. The number of carbonyl (C=O) groups excluding carboxylic acids is 18. The summed E-state index contributed by atoms with van der Waals surface area (Å²) in [4.78, 5) is 265. The fraction of sp³-hybridized carbons (Fsp3) is 0.641. The van der Waals surface area contributed by atoms with Gasteiger partial charge in [0.05, 0.1) is 45.6 Å². The van der Waals surface area contributed by atoms with Crippen molar-refractivity contribution in [2.45, 2.75) is 267 Å². The molecule has 0 radical (unpaired) electrons. The van der Waals surface area contributed by atoms with Gasteiger partial charge in [-0.15, -0.1) is 0 Å². The first-order valence-corrected chi connectivity index (χ1v) is 50.1. The Morgan fingerprint density at radius 1 is 0.304 bits per heavy atom. The van der Waals surface area contributed by atoms with Crippen molar-refractivity contribution in [1.82, 2.24) is 106 Å². The number of hydrogen-bond donors (Lipinski definition) is 37. The maximum atomic E-state index is 14.8. The molecule has 0 aromatic heterocycles. The van der Waals surface area contributed by atoms with E-state index < -0.39 is 309 Å². The van der Waals surface area contributed by atoms with Crippen molar-refractivity contribution in [3.63, 3.8) is 0 Å². The third kappa shape index (κ3) is 50.5. The fourth-order valence-electron chi connectivity index (χ4n) is 14.4. The topological polar surface area (TPSA) is 910 Å². The van der Waals surface area contributed by atoms with Gasteiger partial charge in [-0.05, 0) is 169 Å². The summed E-state index contributed by atoms with van der Waals surface area (Å²) in [5.41, 5.74) is 34.5. The van der Waals surface area contributed by atoms with Crippen LogP contribution in [0.5, 0.6) is 11.5 Å². The molecule has 54 nitrogen and oxygen atoms in total. The Labute approximate surface area is 869 Å². The van der Waals surface area contributed by atoms with E-state index in [-0.39, 0.29) is 119 Å². The summed E-state index contributed by atoms with van der Waals surface area (Å²) >= 11 is 8.68. The number of carboxylic acids is 1. The second-order valence-corrected chi connectivity index (χ2v) is 37.5. The lowest BCUT2D eigenvalue weighted by Gasteiger charge is -2.28. The minimum Gasteiger partial charge on any atom is -0.508 e. The summed E-state index contributed by atoms with van der Waals surface area (Å²) in [6, 6.07) is -16.6. The first kappa shape index (κ1) is 131. The van der Waals surface area contributed by atoms with Crippen molar-refractivity contribution in [2.75, 3.05) is 83.7 Å². The van der Waals surface area contributed by atoms with Gasteiger partial charge in [0.2, 0.25) is 106 Å². The van der Waals surface area contributed by atoms with Crippen LogP contribution in [0, 0.1) is 34.5 Å². The molecule has 832 valence electrons. The molecule has 2 rings (SSSR count). The Balaban J connectivity index is 2.55. The Morgan fingerprint density at radius 2 is 0.568 bits per heavy atom. The number of nitrogens with two attached hydrogens (primary N) is 6. The van der Waals surface area contributed by atoms with Crippen LogP contribution in [0.15, 0.2) is 48.5 Å². The lowest BCUT2D eigenvalue weighted by molar-refractivity contribution is -0.142. The molecule has 0 fully saturated rings. The van der Waals surface area contributed by atoms with Crippen LogP contribution < -0.4 is 141 Å². The van der Waals surface area contributed by atoms with Crippen LogP contribution in [0.3, 0.4) is 0 Å². The number of aliphatic carboxylic acids is 1. The molecule has 17 atom stereocenters. The number of phenols is 2. The fourth-order valence-corrected chi connectivity index (χ4v) is 14.9. The highest BCUT2D eigenvalue weighted by Gasteiger charge is 2.41. The summed E-state index contributed by atoms with van der Waals surface area (Å²) in [6.45, 7) is 7.74. The molecule has 0 aliphatic carbocycles. The van der Waals surface area contributed by atoms with Crippen molar-refractivity contribution in [1.29, 1.82) is 10.8 Å². The van der Waals surface area contributed by atoms with Gasteiger partial charge >= 0.3 is 5.97 Å². The molecule has 18 amide bonds. The number of carboxylic acid groups (broad SMARTS) is 1. The van der Waals surface area contributed by atoms with E-state index in [2.05, 4.69) is 132 Å². The minimum atomic E-state index is -1.92. The quantitative estimate of drug-likeness (QED) is 0.0127. The van der Waals surface area contributed by atoms with E-state index in [1.165, 1.54) is 62.4 Å². The zero-order valence-electron chi connectivity index (χ0n) is 84.7. The average molecular weight is 2130 g/mol. The van der Waals surface area contributed by atoms with Crippen LogP contribution in [-0.2, 0) is 104 Å². The smallest absolute Gasteiger partial charge is 0.326 e. The number of amides is 18. The summed E-state index contributed by atoms with van der Waals surface area (Å²) in [6.07, 6.45) is 0.777. The highest BCUT2D eigenvalue weighted by atomic mass is 32.1. The highest BCUT2D eigenvalue weighted by Crippen LogP contribution is 2.18. The molecule has 41 N–H and O–H groups in total. The van der Waals surface area contributed by atoms with Crippen LogP contribution in [0.2, 0.25) is 0 Å². The SMILES string of the molecule is CC(C)C[C@H](NC(=O)[C@H](CO)NC(=O)[C@H](Cc1ccc(O)cc1)NC(=O)[C@H](CCCNC(=N)N)NC(=O)[C@H](CS)NC(=O)[C@H](CCCCN)NC(=O)[C@H](CS)NC(=O)[C@H](CCCNC(=N)N)NC(=O)[C@H](Cc1ccc(O)cc1)NC(=O)[C@H](CO)NC(=O)[C@H](CC(C)C)NC(=O)[C@H](CO)NC(=O)[C@@H](NC(=O)CNC(=O)[C@@H](N)CCCCN)C(C)C)C(=O)N[C@@H](CO)C(=O)N[C@H](C(=O)NCC(=O)N[C@@H](CCCCN)C(=O)O)C(C)C. The third-order valence-corrected chi connectivity index (χ3v) is 23.4. The van der Waals surface area contributed by atoms with E-state index >= 15 is 0 Å². The van der Waals surface area contributed by atoms with E-state index in [9.17, 15) is 127 Å². The molecule has 0 saturated heterocycles. The van der Waals surface area contributed by atoms with E-state index in [0.717, 1.165) is 0 Å². The largest absolute Gasteiger partial charge is 0.508 e. The van der Waals surface area contributed by atoms with Gasteiger partial charge in [-0.3, -0.25) is 97.1 Å². The number of unbranched alkanes of at least 4 members (excludes halogenated alkanes) is 3. The van der Waals surface area contributed by atoms with Gasteiger partial charge in [0.15, 0.2) is 11.9 Å². The van der Waals surface area contributed by atoms with Gasteiger partial charge in [-0.25, -0.2) is 4.79 Å². The van der Waals surface area contributed by atoms with Crippen LogP contribution in [0.4, 0.5) is 0 Å². The predicted octanol–water partition coefficient (Wildman–Crippen LogP) is -10.6. The van der Waals surface area contributed by atoms with Crippen molar-refractivity contribution in [3.05, 3.63) is 59.7 Å². The van der Waals surface area contributed by atoms with Gasteiger partial charge in [-0.2, -0.15) is 25.3 Å². The molecule has 0 aliphatic heterocycles. The third-order valence-electron chi connectivity index (χ3n) is 22.7. The van der Waals surface area contributed by atoms with Crippen molar-refractivity contribution in [3.8, 4) is 11.5 Å². The van der Waals surface area contributed by atoms with Crippen molar-refractivity contribution >= 4 is 149 Å². The number of thiol groups is 2. The van der Waals surface area contributed by atoms with Gasteiger partial charge in [-0.1, -0.05) is 86.1 Å². The number of aliphatic hydroxyl groups is 4. The lowest BCUT2D eigenvalue weighted by atomic mass is 10.0. The molecule has 0 spiro atoms. The average Bonchev–Trinajstić information content (AvgIpc) is 0.845. The zero-order valence-corrected chi connectivity index (χ0v) is 86.5. The Hall–Kier alpha value is -13.1. The summed E-state index contributed by atoms with van der Waals surface area (Å²) in [5, 5.41) is 137. The Morgan fingerprint density at radius 3 is 0.892 bits per heavy atom. The molecule has 0 heterocycles. The second kappa shape index (κ2) is 70.7. The molecule has 0 saturated carbocycles. The number of phenolic OH excluding ortho intramolecular Hbond substituents is 2. The zero-order chi connectivity index (χ0) is 112. The number of nitrogens with one attached hydrogen (secondary N) is 22. The molecule has 56 heteroatoms. The predicted molar refractivity (Wildman–Crippen MR) is 548 cm³/mol. The number of hydrogen-bond acceptors (Lipinski definition) is 33. The van der Waals surface area contributed by atoms with Crippen LogP contribution in [0.1, 0.15) is 163 Å². The number of rotatable bonds is 73. The van der Waals surface area contributed by atoms with Crippen molar-refractivity contribution in [2.24, 2.45) is 58.1 Å². The number of benzene rings is 2. The van der Waals surface area contributed by atoms with Gasteiger partial charge in [0.25, 0.3) is 0 Å². The molecule has 0 unspecified atom stereocenters. The van der Waals surface area contributed by atoms with Crippen LogP contribution >= 0.6 is 25.3 Å². The first-order valence-electron chi connectivity index (χ1n) is 48.8. The molecule has 2 aromatic carbocycles. The maximum absolute atomic E-state index is 14.8. The summed E-state index contributed by atoms with van der Waals surface area (Å²) < 4.78 is 0. The second-order valence-electron chi connectivity index (χ2n) is 36.7. The molecular weight excluding hydrogens is 1980 g/mol. The lowest BCUT2D eigenvalue weighted by Crippen LogP contribution is -2.62. The molecule has 0 bridgehead atoms. The number of guanidine groups is 2. The standard InChI is InChI=1S/C92H156N28O26S2/c1-47(2)35-60(110-84(139)66(43-123)116-89(144)73(50(7)8)119-71(128)40-103-74(129)55(96)17-9-12-30-93)78(133)113-65(42-122)83(138)112-62(37-51-22-26-53(125)27-23-51)80(135)106-58(21-16-34-102-92(99)100)77(132)118-68(45-147)86(141)107-56(18-10-13-31-94)76(131)117-69(46-148)87(142)108-57(20-15-33-101-91(97)98)75(130)111-63(38-52-24-28-54(126)29-25-52)81(136)114-64(41-121)82(137)109-61(36-48(3)4)79(134)115-67(44-124)85(140)120-72(49(5)6)88(143)104-39-70(127)105-59(90(145)146)19-11-14-32-95/h22-29,47-50,55-69,72-73,121-126,147-148H,9-21,30-46,93-96H2,1-8H3,(H,103,129)(H,104,143)(H,105,127)(H,106,135)(H,107,141)(H,108,142)(H,109,137)(H,110,139)(H,111,130)(H,112,138)(H,113,133)(H,114,136)(H,115,134)(H,116,144)(H,117,131)(H,118,132)(H,119,128)(H,120,140)(H,145,146)(H4,97,98,101)(H4,99,100,102)/t55-,56-,57-,58-,59-,60-,61-,62-,63-,64-,65-,66-,67-,68-,69-,72-,73-/m0/s1. The van der Waals surface area contributed by atoms with E-state index in [1.807, 2.05) is 0 Å². The number of carbonyl (C=O) groups is 19. The molecule has 0 aliphatic rings. The van der Waals surface area contributed by atoms with Gasteiger partial charge in [0, 0.05) is 37.4 Å². The number of aliphatic hydroxyl groups excluding tert-OH is 4. The molecular formula is C92H156N28O26S2. The van der Waals surface area contributed by atoms with Crippen molar-refractivity contribution < 1.29 is 127 Å². The maximum Gasteiger partial charge on any atom is 0.326 e. The highest BCUT2D eigenvalue weighted by molar-refractivity contribution is 7.80. The number of aromatic hydroxyl groups is 2. The van der Waals surface area contributed by atoms with Crippen LogP contribution in [-0.4, -0.2) is 346 Å². The molecule has 148 heavy (non-hydrogen) atoms. The summed E-state index contributed by atoms with van der Waals surface area (Å²) in [7, 11) is 0. The van der Waals surface area contributed by atoms with Crippen LogP contribution in [0.25, 0.3) is 0 Å². The summed E-state index contributed by atoms with van der Waals surface area (Å²) in [5.74, 6) is -24.4. The minimum absolute atomic E-state index is 0.0386. The normalized spacial score (nSPS) is 14.6. The Bertz CT molecular complexity index is 4630. The van der Waals surface area contributed by atoms with E-state index in [1.54, 1.807) is 41.5 Å². The van der Waals surface area contributed by atoms with Gasteiger partial charge < -0.3 is 176 Å².